The molecule has 0 spiro atoms. The molecule has 1 atom stereocenters. The first-order valence-corrected chi connectivity index (χ1v) is 13.6. The van der Waals surface area contributed by atoms with Crippen LogP contribution < -0.4 is 10.2 Å². The fourth-order valence-corrected chi connectivity index (χ4v) is 5.55. The molecule has 1 fully saturated rings. The molecule has 0 saturated carbocycles. The first kappa shape index (κ1) is 25.6. The van der Waals surface area contributed by atoms with E-state index in [-0.39, 0.29) is 17.1 Å². The number of hydrogen-bond donors (Lipinski definition) is 0. The van der Waals surface area contributed by atoms with Gasteiger partial charge in [-0.05, 0) is 47.9 Å². The van der Waals surface area contributed by atoms with Crippen LogP contribution in [0.25, 0.3) is 11.0 Å². The minimum atomic E-state index is -0.586. The third-order valence-corrected chi connectivity index (χ3v) is 7.56. The van der Waals surface area contributed by atoms with Crippen LogP contribution in [0.3, 0.4) is 0 Å². The Morgan fingerprint density at radius 1 is 0.923 bits per heavy atom. The number of nitrogens with zero attached hydrogens (tertiary/aromatic N) is 2. The van der Waals surface area contributed by atoms with Crippen molar-refractivity contribution in [3.05, 3.63) is 110 Å². The molecule has 3 aromatic carbocycles. The summed E-state index contributed by atoms with van der Waals surface area (Å²) in [6, 6.07) is 21.9. The van der Waals surface area contributed by atoms with Gasteiger partial charge in [0.2, 0.25) is 5.76 Å². The molecule has 1 saturated heterocycles. The van der Waals surface area contributed by atoms with Crippen LogP contribution in [0.5, 0.6) is 5.75 Å². The Labute approximate surface area is 231 Å². The highest BCUT2D eigenvalue weighted by Gasteiger charge is 2.42. The summed E-state index contributed by atoms with van der Waals surface area (Å²) >= 11 is 6.21. The number of fused-ring (bicyclic) bond motifs is 2. The molecule has 8 heteroatoms. The van der Waals surface area contributed by atoms with Gasteiger partial charge < -0.3 is 18.8 Å². The molecule has 4 aromatic rings. The largest absolute Gasteiger partial charge is 0.489 e. The maximum atomic E-state index is 13.8. The molecule has 1 aromatic heterocycles. The average Bonchev–Trinajstić information content (AvgIpc) is 3.25. The van der Waals surface area contributed by atoms with Crippen molar-refractivity contribution in [1.29, 1.82) is 0 Å². The zero-order chi connectivity index (χ0) is 26.8. The molecule has 7 nitrogen and oxygen atoms in total. The van der Waals surface area contributed by atoms with Gasteiger partial charge in [0.25, 0.3) is 5.91 Å². The van der Waals surface area contributed by atoms with E-state index in [0.717, 1.165) is 50.4 Å². The minimum Gasteiger partial charge on any atom is -0.489 e. The molecular weight excluding hydrogens is 516 g/mol. The molecule has 0 aliphatic carbocycles. The minimum absolute atomic E-state index is 0.0989. The summed E-state index contributed by atoms with van der Waals surface area (Å²) in [7, 11) is 0. The molecule has 1 amide bonds. The van der Waals surface area contributed by atoms with Crippen molar-refractivity contribution in [2.45, 2.75) is 19.1 Å². The molecule has 3 heterocycles. The summed E-state index contributed by atoms with van der Waals surface area (Å²) in [6.07, 6.45) is 0.764. The number of morpholine rings is 1. The van der Waals surface area contributed by atoms with Gasteiger partial charge in [-0.25, -0.2) is 0 Å². The summed E-state index contributed by atoms with van der Waals surface area (Å²) in [6.45, 7) is 4.94. The molecule has 39 heavy (non-hydrogen) atoms. The zero-order valence-corrected chi connectivity index (χ0v) is 22.2. The van der Waals surface area contributed by atoms with Crippen LogP contribution in [0, 0.1) is 0 Å². The van der Waals surface area contributed by atoms with Crippen LogP contribution in [0.1, 0.15) is 39.7 Å². The fourth-order valence-electron chi connectivity index (χ4n) is 5.37. The second kappa shape index (κ2) is 11.2. The predicted octanol–water partition coefficient (Wildman–Crippen LogP) is 5.29. The number of ether oxygens (including phenoxy) is 2. The van der Waals surface area contributed by atoms with Gasteiger partial charge in [0, 0.05) is 31.2 Å². The smallest absolute Gasteiger partial charge is 0.290 e. The van der Waals surface area contributed by atoms with E-state index in [9.17, 15) is 9.59 Å². The van der Waals surface area contributed by atoms with Gasteiger partial charge in [0.1, 0.15) is 17.9 Å². The number of hydrogen-bond acceptors (Lipinski definition) is 6. The van der Waals surface area contributed by atoms with Crippen LogP contribution in [-0.4, -0.2) is 55.1 Å². The summed E-state index contributed by atoms with van der Waals surface area (Å²) < 4.78 is 17.6. The highest BCUT2D eigenvalue weighted by atomic mass is 35.5. The second-order valence-corrected chi connectivity index (χ2v) is 10.3. The third-order valence-electron chi connectivity index (χ3n) is 7.33. The standard InChI is InChI=1S/C31H29ClN2O5/c32-23-10-11-26-25(19-23)29(35)27-28(22-8-4-9-24(18-22)38-20-21-6-2-1-3-7-21)34(31(36)30(27)39-26)13-5-12-33-14-16-37-17-15-33/h1-4,6-11,18-19,28H,5,12-17,20H2. The number of amides is 1. The van der Waals surface area contributed by atoms with Crippen molar-refractivity contribution in [2.75, 3.05) is 39.4 Å². The molecule has 0 N–H and O–H groups in total. The van der Waals surface area contributed by atoms with Gasteiger partial charge in [0.05, 0.1) is 30.2 Å². The lowest BCUT2D eigenvalue weighted by Gasteiger charge is -2.29. The normalized spacial score (nSPS) is 17.5. The van der Waals surface area contributed by atoms with Crippen LogP contribution >= 0.6 is 11.6 Å². The van der Waals surface area contributed by atoms with Crippen LogP contribution in [0.15, 0.2) is 82.0 Å². The number of carbonyl (C=O) groups is 1. The van der Waals surface area contributed by atoms with Crippen molar-refractivity contribution in [3.8, 4) is 5.75 Å². The number of rotatable bonds is 8. The Balaban J connectivity index is 1.34. The topological polar surface area (TPSA) is 72.2 Å². The van der Waals surface area contributed by atoms with Gasteiger partial charge in [-0.2, -0.15) is 0 Å². The SMILES string of the molecule is O=C1c2oc3ccc(Cl)cc3c(=O)c2C(c2cccc(OCc3ccccc3)c2)N1CCCN1CCOCC1. The molecule has 2 aliphatic heterocycles. The van der Waals surface area contributed by atoms with E-state index in [4.69, 9.17) is 25.5 Å². The summed E-state index contributed by atoms with van der Waals surface area (Å²) in [4.78, 5) is 31.6. The molecule has 2 aliphatic rings. The Morgan fingerprint density at radius 3 is 2.56 bits per heavy atom. The number of carbonyl (C=O) groups excluding carboxylic acids is 1. The molecule has 0 bridgehead atoms. The highest BCUT2D eigenvalue weighted by Crippen LogP contribution is 2.39. The summed E-state index contributed by atoms with van der Waals surface area (Å²) in [5, 5.41) is 0.806. The predicted molar refractivity (Wildman–Crippen MR) is 149 cm³/mol. The average molecular weight is 545 g/mol. The quantitative estimate of drug-likeness (QED) is 0.300. The van der Waals surface area contributed by atoms with E-state index in [2.05, 4.69) is 4.90 Å². The van der Waals surface area contributed by atoms with Crippen LogP contribution in [-0.2, 0) is 11.3 Å². The van der Waals surface area contributed by atoms with Crippen molar-refractivity contribution in [1.82, 2.24) is 9.80 Å². The Morgan fingerprint density at radius 2 is 1.74 bits per heavy atom. The van der Waals surface area contributed by atoms with Gasteiger partial charge in [-0.15, -0.1) is 0 Å². The van der Waals surface area contributed by atoms with E-state index < -0.39 is 6.04 Å². The van der Waals surface area contributed by atoms with Gasteiger partial charge in [-0.1, -0.05) is 54.1 Å². The monoisotopic (exact) mass is 544 g/mol. The molecule has 1 unspecified atom stereocenters. The lowest BCUT2D eigenvalue weighted by molar-refractivity contribution is 0.0353. The molecule has 0 radical (unpaired) electrons. The van der Waals surface area contributed by atoms with Crippen molar-refractivity contribution in [3.63, 3.8) is 0 Å². The molecule has 200 valence electrons. The van der Waals surface area contributed by atoms with E-state index in [1.165, 1.54) is 0 Å². The lowest BCUT2D eigenvalue weighted by atomic mass is 9.98. The first-order valence-electron chi connectivity index (χ1n) is 13.2. The van der Waals surface area contributed by atoms with Crippen molar-refractivity contribution in [2.24, 2.45) is 0 Å². The lowest BCUT2D eigenvalue weighted by Crippen LogP contribution is -2.38. The Hall–Kier alpha value is -3.65. The summed E-state index contributed by atoms with van der Waals surface area (Å²) in [5.41, 5.74) is 2.32. The fraction of sp³-hybridized carbons (Fsp3) is 0.290. The zero-order valence-electron chi connectivity index (χ0n) is 21.5. The second-order valence-electron chi connectivity index (χ2n) is 9.87. The van der Waals surface area contributed by atoms with Crippen LogP contribution in [0.2, 0.25) is 5.02 Å². The van der Waals surface area contributed by atoms with E-state index in [0.29, 0.717) is 40.5 Å². The first-order chi connectivity index (χ1) is 19.1. The number of benzene rings is 3. The van der Waals surface area contributed by atoms with E-state index in [1.807, 2.05) is 54.6 Å². The van der Waals surface area contributed by atoms with Gasteiger partial charge >= 0.3 is 0 Å². The van der Waals surface area contributed by atoms with E-state index in [1.54, 1.807) is 23.1 Å². The van der Waals surface area contributed by atoms with Crippen LogP contribution in [0.4, 0.5) is 0 Å². The molecule has 6 rings (SSSR count). The molecular formula is C31H29ClN2O5. The Kier molecular flexibility index (Phi) is 7.37. The van der Waals surface area contributed by atoms with Gasteiger partial charge in [0.15, 0.2) is 5.43 Å². The summed E-state index contributed by atoms with van der Waals surface area (Å²) in [5.74, 6) is 0.488. The number of halogens is 1. The van der Waals surface area contributed by atoms with Crippen molar-refractivity contribution < 1.29 is 18.7 Å². The van der Waals surface area contributed by atoms with Gasteiger partial charge in [-0.3, -0.25) is 14.5 Å². The maximum Gasteiger partial charge on any atom is 0.290 e. The third kappa shape index (κ3) is 5.30. The van der Waals surface area contributed by atoms with Crippen molar-refractivity contribution >= 4 is 28.5 Å². The highest BCUT2D eigenvalue weighted by molar-refractivity contribution is 6.31. The Bertz CT molecular complexity index is 1550. The maximum absolute atomic E-state index is 13.8. The van der Waals surface area contributed by atoms with E-state index >= 15 is 0 Å².